The summed E-state index contributed by atoms with van der Waals surface area (Å²) in [4.78, 5) is 15.3. The lowest BCUT2D eigenvalue weighted by atomic mass is 9.92. The standard InChI is InChI=1S/C20H30N2OS/c1-15(2)19(24-14-16-6-4-3-5-7-16)20(23)22-10-8-17-12-21-13-18(17)9-11-22/h3-7,15,17-19,21H,8-14H2,1-2H3/t17-,18+,19?. The first-order chi connectivity index (χ1) is 11.6. The molecule has 2 fully saturated rings. The molecule has 4 heteroatoms. The fourth-order valence-electron chi connectivity index (χ4n) is 3.93. The van der Waals surface area contributed by atoms with E-state index in [1.54, 1.807) is 0 Å². The molecule has 1 aromatic carbocycles. The van der Waals surface area contributed by atoms with Gasteiger partial charge in [-0.1, -0.05) is 44.2 Å². The molecule has 0 saturated carbocycles. The van der Waals surface area contributed by atoms with Gasteiger partial charge in [-0.05, 0) is 49.2 Å². The number of carbonyl (C=O) groups is 1. The highest BCUT2D eigenvalue weighted by Gasteiger charge is 2.34. The first-order valence-corrected chi connectivity index (χ1v) is 10.3. The van der Waals surface area contributed by atoms with Crippen LogP contribution in [0.5, 0.6) is 0 Å². The summed E-state index contributed by atoms with van der Waals surface area (Å²) in [5.74, 6) is 3.20. The van der Waals surface area contributed by atoms with E-state index in [2.05, 4.69) is 48.3 Å². The summed E-state index contributed by atoms with van der Waals surface area (Å²) >= 11 is 1.81. The number of fused-ring (bicyclic) bond motifs is 1. The van der Waals surface area contributed by atoms with Crippen molar-refractivity contribution in [3.63, 3.8) is 0 Å². The molecule has 132 valence electrons. The molecule has 2 saturated heterocycles. The highest BCUT2D eigenvalue weighted by Crippen LogP contribution is 2.30. The second-order valence-electron chi connectivity index (χ2n) is 7.54. The third-order valence-electron chi connectivity index (χ3n) is 5.45. The van der Waals surface area contributed by atoms with Crippen molar-refractivity contribution in [1.82, 2.24) is 10.2 Å². The topological polar surface area (TPSA) is 32.3 Å². The van der Waals surface area contributed by atoms with E-state index in [1.807, 2.05) is 17.8 Å². The quantitative estimate of drug-likeness (QED) is 0.887. The van der Waals surface area contributed by atoms with E-state index in [4.69, 9.17) is 0 Å². The molecule has 3 rings (SSSR count). The maximum Gasteiger partial charge on any atom is 0.235 e. The number of rotatable bonds is 5. The van der Waals surface area contributed by atoms with Gasteiger partial charge in [0, 0.05) is 18.8 Å². The van der Waals surface area contributed by atoms with Gasteiger partial charge >= 0.3 is 0 Å². The molecule has 2 aliphatic rings. The number of benzene rings is 1. The van der Waals surface area contributed by atoms with Gasteiger partial charge in [0.25, 0.3) is 0 Å². The molecule has 1 N–H and O–H groups in total. The van der Waals surface area contributed by atoms with Gasteiger partial charge in [-0.15, -0.1) is 11.8 Å². The first kappa shape index (κ1) is 17.8. The number of hydrogen-bond donors (Lipinski definition) is 1. The lowest BCUT2D eigenvalue weighted by Crippen LogP contribution is -2.41. The largest absolute Gasteiger partial charge is 0.342 e. The van der Waals surface area contributed by atoms with Gasteiger partial charge < -0.3 is 10.2 Å². The second-order valence-corrected chi connectivity index (χ2v) is 8.67. The van der Waals surface area contributed by atoms with E-state index in [-0.39, 0.29) is 5.25 Å². The van der Waals surface area contributed by atoms with Crippen LogP contribution in [0.2, 0.25) is 0 Å². The Balaban J connectivity index is 1.59. The van der Waals surface area contributed by atoms with E-state index < -0.39 is 0 Å². The molecule has 0 radical (unpaired) electrons. The van der Waals surface area contributed by atoms with Crippen molar-refractivity contribution in [2.24, 2.45) is 17.8 Å². The predicted molar refractivity (Wildman–Crippen MR) is 102 cm³/mol. The second kappa shape index (κ2) is 8.39. The SMILES string of the molecule is CC(C)C(SCc1ccccc1)C(=O)N1CC[C@@H]2CNC[C@@H]2CC1. The molecular weight excluding hydrogens is 316 g/mol. The average Bonchev–Trinajstić information content (AvgIpc) is 2.94. The summed E-state index contributed by atoms with van der Waals surface area (Å²) in [6.45, 7) is 8.52. The van der Waals surface area contributed by atoms with Gasteiger partial charge in [-0.3, -0.25) is 4.79 Å². The Morgan fingerprint density at radius 3 is 2.38 bits per heavy atom. The third kappa shape index (κ3) is 4.34. The van der Waals surface area contributed by atoms with Gasteiger partial charge in [0.05, 0.1) is 5.25 Å². The van der Waals surface area contributed by atoms with E-state index in [0.29, 0.717) is 11.8 Å². The summed E-state index contributed by atoms with van der Waals surface area (Å²) in [7, 11) is 0. The average molecular weight is 347 g/mol. The van der Waals surface area contributed by atoms with Crippen LogP contribution in [0, 0.1) is 17.8 Å². The zero-order valence-electron chi connectivity index (χ0n) is 14.9. The van der Waals surface area contributed by atoms with E-state index in [0.717, 1.165) is 56.6 Å². The molecule has 24 heavy (non-hydrogen) atoms. The summed E-state index contributed by atoms with van der Waals surface area (Å²) in [6.07, 6.45) is 2.33. The fraction of sp³-hybridized carbons (Fsp3) is 0.650. The van der Waals surface area contributed by atoms with Crippen LogP contribution in [-0.4, -0.2) is 42.2 Å². The van der Waals surface area contributed by atoms with E-state index in [1.165, 1.54) is 5.56 Å². The van der Waals surface area contributed by atoms with E-state index in [9.17, 15) is 4.79 Å². The maximum absolute atomic E-state index is 13.1. The van der Waals surface area contributed by atoms with Crippen molar-refractivity contribution in [2.45, 2.75) is 37.7 Å². The molecule has 0 aromatic heterocycles. The van der Waals surface area contributed by atoms with Crippen molar-refractivity contribution in [3.8, 4) is 0 Å². The number of nitrogens with one attached hydrogen (secondary N) is 1. The van der Waals surface area contributed by atoms with Crippen LogP contribution in [0.1, 0.15) is 32.3 Å². The van der Waals surface area contributed by atoms with Crippen molar-refractivity contribution in [1.29, 1.82) is 0 Å². The Kier molecular flexibility index (Phi) is 6.23. The first-order valence-electron chi connectivity index (χ1n) is 9.30. The normalized spacial score (nSPS) is 25.4. The van der Waals surface area contributed by atoms with Gasteiger partial charge in [-0.25, -0.2) is 0 Å². The molecule has 1 aromatic rings. The monoisotopic (exact) mass is 346 g/mol. The number of hydrogen-bond acceptors (Lipinski definition) is 3. The lowest BCUT2D eigenvalue weighted by Gasteiger charge is -2.28. The zero-order valence-corrected chi connectivity index (χ0v) is 15.7. The Hall–Kier alpha value is -1.00. The van der Waals surface area contributed by atoms with Gasteiger partial charge in [0.1, 0.15) is 0 Å². The molecule has 1 amide bonds. The van der Waals surface area contributed by atoms with Crippen molar-refractivity contribution in [3.05, 3.63) is 35.9 Å². The van der Waals surface area contributed by atoms with Crippen molar-refractivity contribution < 1.29 is 4.79 Å². The summed E-state index contributed by atoms with van der Waals surface area (Å²) < 4.78 is 0. The lowest BCUT2D eigenvalue weighted by molar-refractivity contribution is -0.131. The Morgan fingerprint density at radius 2 is 1.79 bits per heavy atom. The molecule has 0 aliphatic carbocycles. The van der Waals surface area contributed by atoms with Crippen LogP contribution in [-0.2, 0) is 10.5 Å². The highest BCUT2D eigenvalue weighted by molar-refractivity contribution is 7.99. The van der Waals surface area contributed by atoms with Gasteiger partial charge in [0.15, 0.2) is 0 Å². The Morgan fingerprint density at radius 1 is 1.17 bits per heavy atom. The van der Waals surface area contributed by atoms with Crippen molar-refractivity contribution >= 4 is 17.7 Å². The minimum Gasteiger partial charge on any atom is -0.342 e. The molecule has 3 atom stereocenters. The number of likely N-dealkylation sites (tertiary alicyclic amines) is 1. The number of thioether (sulfide) groups is 1. The van der Waals surface area contributed by atoms with Crippen LogP contribution in [0.25, 0.3) is 0 Å². The van der Waals surface area contributed by atoms with E-state index >= 15 is 0 Å². The molecule has 1 unspecified atom stereocenters. The summed E-state index contributed by atoms with van der Waals surface area (Å²) in [6, 6.07) is 10.5. The molecule has 0 spiro atoms. The summed E-state index contributed by atoms with van der Waals surface area (Å²) in [5.41, 5.74) is 1.30. The van der Waals surface area contributed by atoms with Crippen LogP contribution < -0.4 is 5.32 Å². The van der Waals surface area contributed by atoms with Gasteiger partial charge in [-0.2, -0.15) is 0 Å². The summed E-state index contributed by atoms with van der Waals surface area (Å²) in [5, 5.41) is 3.58. The minimum atomic E-state index is 0.0706. The third-order valence-corrected chi connectivity index (χ3v) is 7.06. The van der Waals surface area contributed by atoms with Crippen LogP contribution in [0.4, 0.5) is 0 Å². The fourth-order valence-corrected chi connectivity index (χ4v) is 5.17. The number of carbonyl (C=O) groups excluding carboxylic acids is 1. The van der Waals surface area contributed by atoms with Crippen LogP contribution in [0.15, 0.2) is 30.3 Å². The smallest absolute Gasteiger partial charge is 0.235 e. The highest BCUT2D eigenvalue weighted by atomic mass is 32.2. The maximum atomic E-state index is 13.1. The predicted octanol–water partition coefficient (Wildman–Crippen LogP) is 3.40. The van der Waals surface area contributed by atoms with Crippen LogP contribution in [0.3, 0.4) is 0 Å². The minimum absolute atomic E-state index is 0.0706. The zero-order chi connectivity index (χ0) is 16.9. The van der Waals surface area contributed by atoms with Gasteiger partial charge in [0.2, 0.25) is 5.91 Å². The molecule has 2 heterocycles. The molecule has 0 bridgehead atoms. The molecular formula is C20H30N2OS. The Bertz CT molecular complexity index is 520. The Labute approximate surface area is 150 Å². The van der Waals surface area contributed by atoms with Crippen LogP contribution >= 0.6 is 11.8 Å². The van der Waals surface area contributed by atoms with Crippen molar-refractivity contribution in [2.75, 3.05) is 26.2 Å². The molecule has 3 nitrogen and oxygen atoms in total. The molecule has 2 aliphatic heterocycles. The number of amides is 1. The number of nitrogens with zero attached hydrogens (tertiary/aromatic N) is 1.